The number of hydrogen-bond donors (Lipinski definition) is 2. The summed E-state index contributed by atoms with van der Waals surface area (Å²) >= 11 is 1.67. The van der Waals surface area contributed by atoms with E-state index in [1.165, 1.54) is 4.88 Å². The molecule has 1 aromatic rings. The maximum absolute atomic E-state index is 12.2. The summed E-state index contributed by atoms with van der Waals surface area (Å²) < 4.78 is 5.39. The van der Waals surface area contributed by atoms with Crippen molar-refractivity contribution in [2.45, 2.75) is 25.9 Å². The number of carbonyl (C=O) groups is 1. The fourth-order valence-corrected chi connectivity index (χ4v) is 2.94. The highest BCUT2D eigenvalue weighted by Gasteiger charge is 2.33. The highest BCUT2D eigenvalue weighted by Crippen LogP contribution is 2.20. The van der Waals surface area contributed by atoms with Crippen LogP contribution in [0.25, 0.3) is 0 Å². The molecule has 0 bridgehead atoms. The fraction of sp³-hybridized carbons (Fsp3) is 0.615. The van der Waals surface area contributed by atoms with Crippen LogP contribution < -0.4 is 10.6 Å². The van der Waals surface area contributed by atoms with E-state index in [1.807, 2.05) is 31.4 Å². The summed E-state index contributed by atoms with van der Waals surface area (Å²) in [4.78, 5) is 13.4. The second kappa shape index (κ2) is 6.31. The molecule has 18 heavy (non-hydrogen) atoms. The Kier molecular flexibility index (Phi) is 4.74. The minimum Gasteiger partial charge on any atom is -0.379 e. The lowest BCUT2D eigenvalue weighted by molar-refractivity contribution is -0.126. The Morgan fingerprint density at radius 3 is 3.11 bits per heavy atom. The van der Waals surface area contributed by atoms with E-state index >= 15 is 0 Å². The molecule has 1 amide bonds. The summed E-state index contributed by atoms with van der Waals surface area (Å²) in [7, 11) is 0. The Labute approximate surface area is 112 Å². The van der Waals surface area contributed by atoms with Gasteiger partial charge in [-0.15, -0.1) is 11.3 Å². The first-order chi connectivity index (χ1) is 8.72. The SMILES string of the molecule is CCNC1COCC1C(=O)NC(C)c1cccs1. The number of rotatable bonds is 5. The molecule has 1 aliphatic rings. The molecule has 0 radical (unpaired) electrons. The minimum atomic E-state index is -0.0765. The molecule has 1 aliphatic heterocycles. The zero-order valence-electron chi connectivity index (χ0n) is 10.8. The summed E-state index contributed by atoms with van der Waals surface area (Å²) in [5.74, 6) is 0.00622. The van der Waals surface area contributed by atoms with Crippen molar-refractivity contribution in [3.63, 3.8) is 0 Å². The summed E-state index contributed by atoms with van der Waals surface area (Å²) in [6.45, 7) is 6.06. The van der Waals surface area contributed by atoms with Crippen molar-refractivity contribution >= 4 is 17.2 Å². The molecular weight excluding hydrogens is 248 g/mol. The molecule has 5 heteroatoms. The van der Waals surface area contributed by atoms with Crippen molar-refractivity contribution < 1.29 is 9.53 Å². The van der Waals surface area contributed by atoms with E-state index in [9.17, 15) is 4.79 Å². The Hall–Kier alpha value is -0.910. The minimum absolute atomic E-state index is 0.0698. The van der Waals surface area contributed by atoms with E-state index in [0.717, 1.165) is 6.54 Å². The van der Waals surface area contributed by atoms with Gasteiger partial charge < -0.3 is 15.4 Å². The summed E-state index contributed by atoms with van der Waals surface area (Å²) in [5, 5.41) is 8.39. The summed E-state index contributed by atoms with van der Waals surface area (Å²) in [5.41, 5.74) is 0. The zero-order valence-corrected chi connectivity index (χ0v) is 11.6. The van der Waals surface area contributed by atoms with Crippen molar-refractivity contribution in [1.82, 2.24) is 10.6 Å². The third-order valence-electron chi connectivity index (χ3n) is 3.21. The van der Waals surface area contributed by atoms with Gasteiger partial charge in [0.15, 0.2) is 0 Å². The lowest BCUT2D eigenvalue weighted by Gasteiger charge is -2.20. The van der Waals surface area contributed by atoms with E-state index in [-0.39, 0.29) is 23.9 Å². The van der Waals surface area contributed by atoms with Gasteiger partial charge in [-0.2, -0.15) is 0 Å². The molecule has 1 aromatic heterocycles. The maximum atomic E-state index is 12.2. The topological polar surface area (TPSA) is 50.4 Å². The van der Waals surface area contributed by atoms with Gasteiger partial charge in [0.25, 0.3) is 0 Å². The van der Waals surface area contributed by atoms with Gasteiger partial charge in [-0.3, -0.25) is 4.79 Å². The normalized spacial score (nSPS) is 25.0. The third kappa shape index (κ3) is 3.10. The lowest BCUT2D eigenvalue weighted by atomic mass is 10.0. The monoisotopic (exact) mass is 268 g/mol. The first-order valence-corrected chi connectivity index (χ1v) is 7.25. The quantitative estimate of drug-likeness (QED) is 0.852. The molecule has 1 fully saturated rings. The third-order valence-corrected chi connectivity index (χ3v) is 4.27. The Balaban J connectivity index is 1.91. The van der Waals surface area contributed by atoms with Gasteiger partial charge in [0.2, 0.25) is 5.91 Å². The van der Waals surface area contributed by atoms with Crippen molar-refractivity contribution in [2.75, 3.05) is 19.8 Å². The molecule has 0 spiro atoms. The van der Waals surface area contributed by atoms with E-state index in [4.69, 9.17) is 4.74 Å². The molecule has 3 atom stereocenters. The van der Waals surface area contributed by atoms with Crippen LogP contribution in [0, 0.1) is 5.92 Å². The fourth-order valence-electron chi connectivity index (χ4n) is 2.21. The van der Waals surface area contributed by atoms with Crippen molar-refractivity contribution in [1.29, 1.82) is 0 Å². The van der Waals surface area contributed by atoms with Crippen LogP contribution >= 0.6 is 11.3 Å². The second-order valence-corrected chi connectivity index (χ2v) is 5.53. The highest BCUT2D eigenvalue weighted by molar-refractivity contribution is 7.10. The number of likely N-dealkylation sites (N-methyl/N-ethyl adjacent to an activating group) is 1. The summed E-state index contributed by atoms with van der Waals surface area (Å²) in [6, 6.07) is 4.26. The molecule has 0 aliphatic carbocycles. The molecule has 4 nitrogen and oxygen atoms in total. The smallest absolute Gasteiger partial charge is 0.227 e. The molecule has 2 rings (SSSR count). The van der Waals surface area contributed by atoms with Crippen LogP contribution in [0.1, 0.15) is 24.8 Å². The molecular formula is C13H20N2O2S. The van der Waals surface area contributed by atoms with Crippen LogP contribution in [0.5, 0.6) is 0 Å². The Morgan fingerprint density at radius 2 is 2.44 bits per heavy atom. The number of carbonyl (C=O) groups excluding carboxylic acids is 1. The predicted octanol–water partition coefficient (Wildman–Crippen LogP) is 1.55. The first kappa shape index (κ1) is 13.5. The average Bonchev–Trinajstić information content (AvgIpc) is 3.00. The van der Waals surface area contributed by atoms with Crippen molar-refractivity contribution in [3.05, 3.63) is 22.4 Å². The van der Waals surface area contributed by atoms with Gasteiger partial charge in [0.05, 0.1) is 25.2 Å². The standard InChI is InChI=1S/C13H20N2O2S/c1-3-14-11-8-17-7-10(11)13(16)15-9(2)12-5-4-6-18-12/h4-6,9-11,14H,3,7-8H2,1-2H3,(H,15,16). The van der Waals surface area contributed by atoms with Gasteiger partial charge in [-0.25, -0.2) is 0 Å². The van der Waals surface area contributed by atoms with Crippen LogP contribution in [0.4, 0.5) is 0 Å². The van der Waals surface area contributed by atoms with Crippen LogP contribution in [-0.4, -0.2) is 31.7 Å². The van der Waals surface area contributed by atoms with Gasteiger partial charge in [0.1, 0.15) is 0 Å². The average molecular weight is 268 g/mol. The van der Waals surface area contributed by atoms with Crippen molar-refractivity contribution in [3.8, 4) is 0 Å². The van der Waals surface area contributed by atoms with Crippen LogP contribution in [0.15, 0.2) is 17.5 Å². The number of ether oxygens (including phenoxy) is 1. The molecule has 0 saturated carbocycles. The number of amides is 1. The largest absolute Gasteiger partial charge is 0.379 e. The molecule has 1 saturated heterocycles. The Morgan fingerprint density at radius 1 is 1.61 bits per heavy atom. The lowest BCUT2D eigenvalue weighted by Crippen LogP contribution is -2.44. The van der Waals surface area contributed by atoms with E-state index in [2.05, 4.69) is 10.6 Å². The summed E-state index contributed by atoms with van der Waals surface area (Å²) in [6.07, 6.45) is 0. The number of thiophene rings is 1. The number of hydrogen-bond acceptors (Lipinski definition) is 4. The van der Waals surface area contributed by atoms with Crippen LogP contribution in [-0.2, 0) is 9.53 Å². The Bertz CT molecular complexity index is 380. The zero-order chi connectivity index (χ0) is 13.0. The molecule has 0 aromatic carbocycles. The van der Waals surface area contributed by atoms with E-state index in [0.29, 0.717) is 13.2 Å². The highest BCUT2D eigenvalue weighted by atomic mass is 32.1. The number of nitrogens with one attached hydrogen (secondary N) is 2. The van der Waals surface area contributed by atoms with Gasteiger partial charge in [-0.05, 0) is 24.9 Å². The molecule has 2 N–H and O–H groups in total. The van der Waals surface area contributed by atoms with Gasteiger partial charge in [-0.1, -0.05) is 13.0 Å². The molecule has 3 unspecified atom stereocenters. The maximum Gasteiger partial charge on any atom is 0.227 e. The molecule has 2 heterocycles. The second-order valence-electron chi connectivity index (χ2n) is 4.55. The van der Waals surface area contributed by atoms with Crippen molar-refractivity contribution in [2.24, 2.45) is 5.92 Å². The van der Waals surface area contributed by atoms with E-state index in [1.54, 1.807) is 11.3 Å². The molecule has 100 valence electrons. The van der Waals surface area contributed by atoms with Gasteiger partial charge in [0, 0.05) is 10.9 Å². The van der Waals surface area contributed by atoms with Gasteiger partial charge >= 0.3 is 0 Å². The van der Waals surface area contributed by atoms with Crippen LogP contribution in [0.2, 0.25) is 0 Å². The predicted molar refractivity (Wildman–Crippen MR) is 72.7 cm³/mol. The van der Waals surface area contributed by atoms with E-state index < -0.39 is 0 Å². The van der Waals surface area contributed by atoms with Crippen LogP contribution in [0.3, 0.4) is 0 Å². The first-order valence-electron chi connectivity index (χ1n) is 6.37.